The zero-order valence-electron chi connectivity index (χ0n) is 14.2. The Morgan fingerprint density at radius 2 is 2.33 bits per heavy atom. The highest BCUT2D eigenvalue weighted by Crippen LogP contribution is 2.48. The number of carbonyl (C=O) groups is 2. The highest BCUT2D eigenvalue weighted by Gasteiger charge is 2.55. The Bertz CT molecular complexity index is 630. The second-order valence-corrected chi connectivity index (χ2v) is 8.13. The van der Waals surface area contributed by atoms with Crippen molar-refractivity contribution in [2.75, 3.05) is 19.6 Å². The molecule has 0 spiro atoms. The largest absolute Gasteiger partial charge is 0.481 e. The number of likely N-dealkylation sites (tertiary alicyclic amines) is 1. The number of thiazole rings is 1. The number of urea groups is 1. The smallest absolute Gasteiger partial charge is 0.317 e. The third kappa shape index (κ3) is 3.14. The summed E-state index contributed by atoms with van der Waals surface area (Å²) in [5.74, 6) is -0.216. The van der Waals surface area contributed by atoms with Gasteiger partial charge in [-0.1, -0.05) is 20.3 Å². The van der Waals surface area contributed by atoms with Crippen LogP contribution >= 0.6 is 11.3 Å². The molecule has 1 saturated carbocycles. The average molecular weight is 351 g/mol. The van der Waals surface area contributed by atoms with Crippen molar-refractivity contribution < 1.29 is 14.7 Å². The third-order valence-electron chi connectivity index (χ3n) is 5.30. The molecule has 2 N–H and O–H groups in total. The fourth-order valence-corrected chi connectivity index (χ4v) is 4.77. The van der Waals surface area contributed by atoms with Crippen LogP contribution in [0, 0.1) is 11.3 Å². The van der Waals surface area contributed by atoms with Crippen LogP contribution in [-0.4, -0.2) is 46.6 Å². The predicted octanol–water partition coefficient (Wildman–Crippen LogP) is 2.71. The molecule has 0 unspecified atom stereocenters. The minimum absolute atomic E-state index is 0.105. The van der Waals surface area contributed by atoms with Gasteiger partial charge in [-0.25, -0.2) is 9.78 Å². The van der Waals surface area contributed by atoms with Gasteiger partial charge in [0.1, 0.15) is 0 Å². The number of carboxylic acid groups (broad SMARTS) is 1. The topological polar surface area (TPSA) is 82.5 Å². The molecule has 2 fully saturated rings. The summed E-state index contributed by atoms with van der Waals surface area (Å²) in [6.07, 6.45) is 3.26. The summed E-state index contributed by atoms with van der Waals surface area (Å²) in [6, 6.07) is -0.149. The zero-order chi connectivity index (χ0) is 17.3. The van der Waals surface area contributed by atoms with E-state index in [-0.39, 0.29) is 11.9 Å². The van der Waals surface area contributed by atoms with Crippen molar-refractivity contribution >= 4 is 23.3 Å². The number of hydrogen-bond acceptors (Lipinski definition) is 4. The van der Waals surface area contributed by atoms with Crippen LogP contribution in [0.5, 0.6) is 0 Å². The fraction of sp³-hybridized carbons (Fsp3) is 0.706. The first-order chi connectivity index (χ1) is 11.4. The molecule has 2 heterocycles. The van der Waals surface area contributed by atoms with Crippen molar-refractivity contribution in [1.82, 2.24) is 15.2 Å². The lowest BCUT2D eigenvalue weighted by Crippen LogP contribution is -2.42. The molecular weight excluding hydrogens is 326 g/mol. The molecule has 1 aliphatic carbocycles. The van der Waals surface area contributed by atoms with Gasteiger partial charge in [0.15, 0.2) is 0 Å². The van der Waals surface area contributed by atoms with Crippen LogP contribution in [0.4, 0.5) is 4.79 Å². The fourth-order valence-electron chi connectivity index (χ4n) is 3.91. The Morgan fingerprint density at radius 3 is 2.96 bits per heavy atom. The minimum atomic E-state index is -0.746. The van der Waals surface area contributed by atoms with E-state index in [1.807, 2.05) is 5.38 Å². The number of rotatable bonds is 5. The lowest BCUT2D eigenvalue weighted by Gasteiger charge is -2.23. The maximum atomic E-state index is 12.3. The zero-order valence-corrected chi connectivity index (χ0v) is 15.1. The standard InChI is InChI=1S/C17H25N3O3S/c1-11(2)14-19-13(9-24-14)5-7-18-16(23)20-8-12-4-3-6-17(12,10-20)15(21)22/h9,11-12H,3-8,10H2,1-2H3,(H,18,23)(H,21,22)/t12-,17+/m0/s1. The summed E-state index contributed by atoms with van der Waals surface area (Å²) in [7, 11) is 0. The Hall–Kier alpha value is -1.63. The molecule has 1 aliphatic heterocycles. The maximum Gasteiger partial charge on any atom is 0.317 e. The molecule has 2 aliphatic rings. The molecule has 1 saturated heterocycles. The van der Waals surface area contributed by atoms with Gasteiger partial charge in [0, 0.05) is 37.4 Å². The van der Waals surface area contributed by atoms with Crippen molar-refractivity contribution in [3.8, 4) is 0 Å². The first-order valence-corrected chi connectivity index (χ1v) is 9.51. The van der Waals surface area contributed by atoms with Crippen molar-refractivity contribution in [1.29, 1.82) is 0 Å². The number of carbonyl (C=O) groups excluding carboxylic acids is 1. The Labute approximate surface area is 146 Å². The monoisotopic (exact) mass is 351 g/mol. The van der Waals surface area contributed by atoms with Crippen LogP contribution in [-0.2, 0) is 11.2 Å². The van der Waals surface area contributed by atoms with E-state index in [4.69, 9.17) is 0 Å². The van der Waals surface area contributed by atoms with Gasteiger partial charge in [0.05, 0.1) is 16.1 Å². The van der Waals surface area contributed by atoms with E-state index in [0.29, 0.717) is 38.4 Å². The molecule has 24 heavy (non-hydrogen) atoms. The lowest BCUT2D eigenvalue weighted by molar-refractivity contribution is -0.149. The van der Waals surface area contributed by atoms with Gasteiger partial charge < -0.3 is 15.3 Å². The molecule has 1 aromatic rings. The number of nitrogens with one attached hydrogen (secondary N) is 1. The highest BCUT2D eigenvalue weighted by molar-refractivity contribution is 7.09. The van der Waals surface area contributed by atoms with E-state index >= 15 is 0 Å². The molecule has 0 bridgehead atoms. The summed E-state index contributed by atoms with van der Waals surface area (Å²) in [4.78, 5) is 30.3. The lowest BCUT2D eigenvalue weighted by atomic mass is 9.81. The molecule has 2 amide bonds. The normalized spacial score (nSPS) is 26.0. The Balaban J connectivity index is 1.50. The molecule has 3 rings (SSSR count). The number of nitrogens with zero attached hydrogens (tertiary/aromatic N) is 2. The van der Waals surface area contributed by atoms with E-state index in [2.05, 4.69) is 24.1 Å². The second kappa shape index (κ2) is 6.70. The summed E-state index contributed by atoms with van der Waals surface area (Å²) < 4.78 is 0. The van der Waals surface area contributed by atoms with Gasteiger partial charge in [0.25, 0.3) is 0 Å². The van der Waals surface area contributed by atoms with E-state index in [0.717, 1.165) is 23.5 Å². The van der Waals surface area contributed by atoms with Crippen LogP contribution in [0.3, 0.4) is 0 Å². The number of fused-ring (bicyclic) bond motifs is 1. The Kier molecular flexibility index (Phi) is 4.80. The maximum absolute atomic E-state index is 12.3. The van der Waals surface area contributed by atoms with Gasteiger partial charge in [-0.05, 0) is 18.8 Å². The van der Waals surface area contributed by atoms with E-state index in [9.17, 15) is 14.7 Å². The number of amides is 2. The van der Waals surface area contributed by atoms with Crippen LogP contribution in [0.25, 0.3) is 0 Å². The first-order valence-electron chi connectivity index (χ1n) is 8.63. The van der Waals surface area contributed by atoms with Crippen LogP contribution in [0.15, 0.2) is 5.38 Å². The van der Waals surface area contributed by atoms with Crippen molar-refractivity contribution in [2.45, 2.75) is 45.4 Å². The van der Waals surface area contributed by atoms with E-state index in [1.165, 1.54) is 0 Å². The summed E-state index contributed by atoms with van der Waals surface area (Å²) in [5, 5.41) is 15.7. The quantitative estimate of drug-likeness (QED) is 0.854. The summed E-state index contributed by atoms with van der Waals surface area (Å²) >= 11 is 1.66. The van der Waals surface area contributed by atoms with Crippen LogP contribution < -0.4 is 5.32 Å². The molecule has 0 aromatic carbocycles. The first kappa shape index (κ1) is 17.2. The van der Waals surface area contributed by atoms with E-state index < -0.39 is 11.4 Å². The third-order valence-corrected chi connectivity index (χ3v) is 6.50. The van der Waals surface area contributed by atoms with Crippen molar-refractivity contribution in [2.24, 2.45) is 11.3 Å². The van der Waals surface area contributed by atoms with Gasteiger partial charge in [-0.2, -0.15) is 0 Å². The molecule has 0 radical (unpaired) electrons. The minimum Gasteiger partial charge on any atom is -0.481 e. The van der Waals surface area contributed by atoms with Crippen molar-refractivity contribution in [3.63, 3.8) is 0 Å². The molecule has 6 nitrogen and oxygen atoms in total. The highest BCUT2D eigenvalue weighted by atomic mass is 32.1. The van der Waals surface area contributed by atoms with E-state index in [1.54, 1.807) is 16.2 Å². The number of carboxylic acids is 1. The Morgan fingerprint density at radius 1 is 1.54 bits per heavy atom. The predicted molar refractivity (Wildman–Crippen MR) is 92.3 cm³/mol. The summed E-state index contributed by atoms with van der Waals surface area (Å²) in [6.45, 7) is 5.67. The van der Waals surface area contributed by atoms with Gasteiger partial charge >= 0.3 is 12.0 Å². The number of hydrogen-bond donors (Lipinski definition) is 2. The van der Waals surface area contributed by atoms with Gasteiger partial charge in [0.2, 0.25) is 0 Å². The molecule has 7 heteroatoms. The average Bonchev–Trinajstić information content (AvgIpc) is 3.20. The van der Waals surface area contributed by atoms with Crippen molar-refractivity contribution in [3.05, 3.63) is 16.1 Å². The molecule has 2 atom stereocenters. The van der Waals surface area contributed by atoms with Gasteiger partial charge in [-0.3, -0.25) is 4.79 Å². The number of aromatic nitrogens is 1. The summed E-state index contributed by atoms with van der Waals surface area (Å²) in [5.41, 5.74) is 0.294. The number of aliphatic carboxylic acids is 1. The van der Waals surface area contributed by atoms with Crippen LogP contribution in [0.1, 0.15) is 49.7 Å². The van der Waals surface area contributed by atoms with Gasteiger partial charge in [-0.15, -0.1) is 11.3 Å². The van der Waals surface area contributed by atoms with Crippen LogP contribution in [0.2, 0.25) is 0 Å². The SMILES string of the molecule is CC(C)c1nc(CCNC(=O)N2C[C@@H]3CCC[C@@]3(C(=O)O)C2)cs1. The second-order valence-electron chi connectivity index (χ2n) is 7.24. The molecule has 1 aromatic heterocycles. The molecular formula is C17H25N3O3S. The molecule has 132 valence electrons.